The van der Waals surface area contributed by atoms with Crippen LogP contribution in [-0.2, 0) is 16.1 Å². The number of hydrogen-bond donors (Lipinski definition) is 2. The van der Waals surface area contributed by atoms with Crippen molar-refractivity contribution in [2.75, 3.05) is 7.05 Å². The van der Waals surface area contributed by atoms with Crippen molar-refractivity contribution in [1.82, 2.24) is 10.2 Å². The van der Waals surface area contributed by atoms with E-state index in [-0.39, 0.29) is 30.7 Å². The third-order valence-electron chi connectivity index (χ3n) is 4.52. The van der Waals surface area contributed by atoms with Crippen molar-refractivity contribution in [3.05, 3.63) is 35.9 Å². The van der Waals surface area contributed by atoms with Crippen LogP contribution in [0.4, 0.5) is 4.79 Å². The van der Waals surface area contributed by atoms with Crippen LogP contribution in [-0.4, -0.2) is 42.1 Å². The summed E-state index contributed by atoms with van der Waals surface area (Å²) in [6.45, 7) is 1.97. The van der Waals surface area contributed by atoms with Gasteiger partial charge in [-0.25, -0.2) is 4.79 Å². The fourth-order valence-corrected chi connectivity index (χ4v) is 3.04. The number of ether oxygens (including phenoxy) is 1. The van der Waals surface area contributed by atoms with Crippen LogP contribution in [0.5, 0.6) is 0 Å². The number of nitrogens with two attached hydrogens (primary N) is 1. The summed E-state index contributed by atoms with van der Waals surface area (Å²) in [6.07, 6.45) is 3.00. The summed E-state index contributed by atoms with van der Waals surface area (Å²) in [5, 5.41) is 2.91. The Morgan fingerprint density at radius 3 is 2.46 bits per heavy atom. The van der Waals surface area contributed by atoms with E-state index in [1.54, 1.807) is 18.9 Å². The van der Waals surface area contributed by atoms with Crippen LogP contribution in [0.3, 0.4) is 0 Å². The number of carbonyl (C=O) groups is 2. The molecule has 0 bridgehead atoms. The Balaban J connectivity index is 1.70. The van der Waals surface area contributed by atoms with Crippen LogP contribution in [0.25, 0.3) is 0 Å². The van der Waals surface area contributed by atoms with E-state index in [4.69, 9.17) is 10.5 Å². The Labute approximate surface area is 143 Å². The molecule has 1 saturated carbocycles. The number of alkyl carbamates (subject to hydrolysis) is 1. The Hall–Kier alpha value is -2.08. The third-order valence-corrected chi connectivity index (χ3v) is 4.52. The predicted octanol–water partition coefficient (Wildman–Crippen LogP) is 2.03. The van der Waals surface area contributed by atoms with Crippen molar-refractivity contribution < 1.29 is 14.3 Å². The van der Waals surface area contributed by atoms with Crippen molar-refractivity contribution in [2.45, 2.75) is 57.3 Å². The van der Waals surface area contributed by atoms with E-state index in [2.05, 4.69) is 5.32 Å². The molecule has 0 heterocycles. The molecule has 3 N–H and O–H groups in total. The molecule has 1 aliphatic rings. The maximum Gasteiger partial charge on any atom is 0.407 e. The molecule has 2 rings (SSSR count). The van der Waals surface area contributed by atoms with Gasteiger partial charge in [-0.1, -0.05) is 30.3 Å². The molecule has 0 spiro atoms. The fourth-order valence-electron chi connectivity index (χ4n) is 3.04. The summed E-state index contributed by atoms with van der Waals surface area (Å²) in [6, 6.07) is 9.42. The normalized spacial score (nSPS) is 21.6. The fraction of sp³-hybridized carbons (Fsp3) is 0.556. The molecule has 0 aromatic heterocycles. The van der Waals surface area contributed by atoms with E-state index in [0.29, 0.717) is 0 Å². The van der Waals surface area contributed by atoms with Gasteiger partial charge < -0.3 is 20.7 Å². The zero-order valence-electron chi connectivity index (χ0n) is 14.4. The van der Waals surface area contributed by atoms with Crippen molar-refractivity contribution in [1.29, 1.82) is 0 Å². The Bertz CT molecular complexity index is 540. The lowest BCUT2D eigenvalue weighted by atomic mass is 9.90. The lowest BCUT2D eigenvalue weighted by Gasteiger charge is -2.35. The molecule has 6 nitrogen and oxygen atoms in total. The third kappa shape index (κ3) is 5.23. The number of amides is 2. The standard InChI is InChI=1S/C18H27N3O3/c1-13(19)17(22)21(2)16-10-8-15(9-11-16)20-18(23)24-12-14-6-4-3-5-7-14/h3-7,13,15-16H,8-12,19H2,1-2H3,(H,20,23). The van der Waals surface area contributed by atoms with Gasteiger partial charge in [-0.3, -0.25) is 4.79 Å². The van der Waals surface area contributed by atoms with Crippen molar-refractivity contribution in [2.24, 2.45) is 5.73 Å². The van der Waals surface area contributed by atoms with E-state index in [0.717, 1.165) is 31.2 Å². The molecule has 1 aromatic rings. The first kappa shape index (κ1) is 18.3. The molecule has 0 aliphatic heterocycles. The van der Waals surface area contributed by atoms with Gasteiger partial charge in [0.25, 0.3) is 0 Å². The van der Waals surface area contributed by atoms with E-state index in [9.17, 15) is 9.59 Å². The van der Waals surface area contributed by atoms with Crippen LogP contribution in [0.2, 0.25) is 0 Å². The second-order valence-electron chi connectivity index (χ2n) is 6.45. The minimum absolute atomic E-state index is 0.0336. The molecule has 1 unspecified atom stereocenters. The molecule has 24 heavy (non-hydrogen) atoms. The SMILES string of the molecule is CC(N)C(=O)N(C)C1CCC(NC(=O)OCc2ccccc2)CC1. The summed E-state index contributed by atoms with van der Waals surface area (Å²) in [7, 11) is 1.80. The second kappa shape index (κ2) is 8.68. The highest BCUT2D eigenvalue weighted by Crippen LogP contribution is 2.23. The minimum Gasteiger partial charge on any atom is -0.445 e. The van der Waals surface area contributed by atoms with Gasteiger partial charge in [-0.05, 0) is 38.2 Å². The van der Waals surface area contributed by atoms with Crippen LogP contribution < -0.4 is 11.1 Å². The number of hydrogen-bond acceptors (Lipinski definition) is 4. The lowest BCUT2D eigenvalue weighted by molar-refractivity contribution is -0.133. The quantitative estimate of drug-likeness (QED) is 0.863. The molecule has 1 aromatic carbocycles. The average molecular weight is 333 g/mol. The highest BCUT2D eigenvalue weighted by atomic mass is 16.5. The van der Waals surface area contributed by atoms with Gasteiger partial charge >= 0.3 is 6.09 Å². The van der Waals surface area contributed by atoms with Gasteiger partial charge in [0.2, 0.25) is 5.91 Å². The Morgan fingerprint density at radius 2 is 1.88 bits per heavy atom. The number of likely N-dealkylation sites (N-methyl/N-ethyl adjacent to an activating group) is 1. The molecule has 6 heteroatoms. The number of nitrogens with zero attached hydrogens (tertiary/aromatic N) is 1. The predicted molar refractivity (Wildman–Crippen MR) is 92.2 cm³/mol. The lowest BCUT2D eigenvalue weighted by Crippen LogP contribution is -2.48. The van der Waals surface area contributed by atoms with Crippen molar-refractivity contribution >= 4 is 12.0 Å². The zero-order chi connectivity index (χ0) is 17.5. The van der Waals surface area contributed by atoms with Gasteiger partial charge in [0.15, 0.2) is 0 Å². The summed E-state index contributed by atoms with van der Waals surface area (Å²) < 4.78 is 5.24. The Kier molecular flexibility index (Phi) is 6.61. The number of rotatable bonds is 5. The first-order chi connectivity index (χ1) is 11.5. The maximum absolute atomic E-state index is 11.9. The van der Waals surface area contributed by atoms with Crippen LogP contribution >= 0.6 is 0 Å². The van der Waals surface area contributed by atoms with E-state index in [1.165, 1.54) is 0 Å². The second-order valence-corrected chi connectivity index (χ2v) is 6.45. The van der Waals surface area contributed by atoms with Crippen LogP contribution in [0, 0.1) is 0 Å². The highest BCUT2D eigenvalue weighted by molar-refractivity contribution is 5.81. The largest absolute Gasteiger partial charge is 0.445 e. The first-order valence-corrected chi connectivity index (χ1v) is 8.47. The van der Waals surface area contributed by atoms with Gasteiger partial charge in [0, 0.05) is 19.1 Å². The summed E-state index contributed by atoms with van der Waals surface area (Å²) in [5.74, 6) is -0.0336. The smallest absolute Gasteiger partial charge is 0.407 e. The van der Waals surface area contributed by atoms with Crippen LogP contribution in [0.15, 0.2) is 30.3 Å². The number of benzene rings is 1. The molecule has 0 radical (unpaired) electrons. The minimum atomic E-state index is -0.473. The summed E-state index contributed by atoms with van der Waals surface area (Å²) in [4.78, 5) is 25.6. The molecular formula is C18H27N3O3. The van der Waals surface area contributed by atoms with Gasteiger partial charge in [0.05, 0.1) is 6.04 Å². The van der Waals surface area contributed by atoms with E-state index in [1.807, 2.05) is 30.3 Å². The molecule has 0 saturated heterocycles. The van der Waals surface area contributed by atoms with Crippen molar-refractivity contribution in [3.8, 4) is 0 Å². The van der Waals surface area contributed by atoms with Gasteiger partial charge in [-0.15, -0.1) is 0 Å². The maximum atomic E-state index is 11.9. The Morgan fingerprint density at radius 1 is 1.25 bits per heavy atom. The van der Waals surface area contributed by atoms with Gasteiger partial charge in [-0.2, -0.15) is 0 Å². The number of nitrogens with one attached hydrogen (secondary N) is 1. The molecule has 2 amide bonds. The molecule has 132 valence electrons. The summed E-state index contributed by atoms with van der Waals surface area (Å²) in [5.41, 5.74) is 6.62. The van der Waals surface area contributed by atoms with E-state index < -0.39 is 6.04 Å². The van der Waals surface area contributed by atoms with E-state index >= 15 is 0 Å². The molecular weight excluding hydrogens is 306 g/mol. The number of carbonyl (C=O) groups excluding carboxylic acids is 2. The molecule has 1 aliphatic carbocycles. The average Bonchev–Trinajstić information content (AvgIpc) is 2.60. The van der Waals surface area contributed by atoms with Crippen LogP contribution in [0.1, 0.15) is 38.2 Å². The van der Waals surface area contributed by atoms with Crippen molar-refractivity contribution in [3.63, 3.8) is 0 Å². The molecule has 1 fully saturated rings. The van der Waals surface area contributed by atoms with Gasteiger partial charge in [0.1, 0.15) is 6.61 Å². The highest BCUT2D eigenvalue weighted by Gasteiger charge is 2.28. The topological polar surface area (TPSA) is 84.7 Å². The first-order valence-electron chi connectivity index (χ1n) is 8.47. The molecule has 1 atom stereocenters. The zero-order valence-corrected chi connectivity index (χ0v) is 14.4. The monoisotopic (exact) mass is 333 g/mol. The summed E-state index contributed by atoms with van der Waals surface area (Å²) >= 11 is 0.